The van der Waals surface area contributed by atoms with Gasteiger partial charge in [-0.1, -0.05) is 13.8 Å². The number of benzene rings is 1. The van der Waals surface area contributed by atoms with E-state index in [1.54, 1.807) is 0 Å². The summed E-state index contributed by atoms with van der Waals surface area (Å²) in [7, 11) is -3.06. The van der Waals surface area contributed by atoms with Gasteiger partial charge in [-0.2, -0.15) is 0 Å². The van der Waals surface area contributed by atoms with E-state index in [1.807, 2.05) is 23.1 Å². The predicted molar refractivity (Wildman–Crippen MR) is 105 cm³/mol. The van der Waals surface area contributed by atoms with E-state index in [0.717, 1.165) is 24.4 Å². The number of hydrogen-bond acceptors (Lipinski definition) is 5. The molecule has 8 heteroatoms. The Kier molecular flexibility index (Phi) is 4.51. The number of nitrogens with zero attached hydrogens (tertiary/aromatic N) is 2. The Morgan fingerprint density at radius 1 is 1.15 bits per heavy atom. The van der Waals surface area contributed by atoms with Crippen LogP contribution in [0.2, 0.25) is 0 Å². The van der Waals surface area contributed by atoms with Gasteiger partial charge in [0.1, 0.15) is 13.2 Å². The fourth-order valence-corrected chi connectivity index (χ4v) is 6.34. The van der Waals surface area contributed by atoms with E-state index in [2.05, 4.69) is 18.7 Å². The molecule has 142 valence electrons. The van der Waals surface area contributed by atoms with Crippen molar-refractivity contribution < 1.29 is 17.9 Å². The highest BCUT2D eigenvalue weighted by atomic mass is 32.2. The molecule has 26 heavy (non-hydrogen) atoms. The van der Waals surface area contributed by atoms with Gasteiger partial charge in [0.05, 0.1) is 23.6 Å². The molecule has 0 bridgehead atoms. The second-order valence-electron chi connectivity index (χ2n) is 7.57. The number of fused-ring (bicyclic) bond motifs is 2. The highest BCUT2D eigenvalue weighted by Gasteiger charge is 2.51. The van der Waals surface area contributed by atoms with Crippen LogP contribution in [0.4, 0.5) is 5.69 Å². The Balaban J connectivity index is 1.67. The minimum absolute atomic E-state index is 0.0700. The maximum Gasteiger partial charge on any atom is 0.176 e. The first kappa shape index (κ1) is 17.9. The van der Waals surface area contributed by atoms with Gasteiger partial charge in [0.15, 0.2) is 26.4 Å². The second-order valence-corrected chi connectivity index (χ2v) is 10.1. The van der Waals surface area contributed by atoms with Crippen LogP contribution in [-0.2, 0) is 9.84 Å². The Labute approximate surface area is 160 Å². The van der Waals surface area contributed by atoms with E-state index < -0.39 is 9.84 Å². The van der Waals surface area contributed by atoms with Crippen LogP contribution in [0.5, 0.6) is 11.5 Å². The smallest absolute Gasteiger partial charge is 0.176 e. The van der Waals surface area contributed by atoms with Crippen molar-refractivity contribution in [2.75, 3.05) is 36.2 Å². The first-order chi connectivity index (χ1) is 12.4. The van der Waals surface area contributed by atoms with Crippen LogP contribution < -0.4 is 14.4 Å². The Morgan fingerprint density at radius 3 is 2.58 bits per heavy atom. The zero-order valence-corrected chi connectivity index (χ0v) is 16.7. The average molecular weight is 397 g/mol. The van der Waals surface area contributed by atoms with Crippen molar-refractivity contribution in [1.29, 1.82) is 0 Å². The van der Waals surface area contributed by atoms with E-state index in [9.17, 15) is 8.42 Å². The third kappa shape index (κ3) is 3.13. The van der Waals surface area contributed by atoms with Gasteiger partial charge in [-0.15, -0.1) is 0 Å². The molecule has 0 saturated carbocycles. The maximum absolute atomic E-state index is 12.3. The molecule has 2 saturated heterocycles. The zero-order valence-electron chi connectivity index (χ0n) is 15.1. The molecule has 0 radical (unpaired) electrons. The number of sulfone groups is 1. The van der Waals surface area contributed by atoms with Crippen LogP contribution in [-0.4, -0.2) is 61.8 Å². The normalized spacial score (nSPS) is 26.5. The third-order valence-electron chi connectivity index (χ3n) is 5.23. The monoisotopic (exact) mass is 396 g/mol. The molecule has 3 aliphatic rings. The molecule has 3 aliphatic heterocycles. The lowest BCUT2D eigenvalue weighted by molar-refractivity contribution is 0.171. The van der Waals surface area contributed by atoms with Crippen molar-refractivity contribution in [3.8, 4) is 11.5 Å². The zero-order chi connectivity index (χ0) is 18.5. The highest BCUT2D eigenvalue weighted by molar-refractivity contribution is 7.91. The second kappa shape index (κ2) is 6.56. The highest BCUT2D eigenvalue weighted by Crippen LogP contribution is 2.39. The largest absolute Gasteiger partial charge is 0.486 e. The molecule has 2 unspecified atom stereocenters. The fraction of sp³-hybridized carbons (Fsp3) is 0.611. The number of rotatable bonds is 4. The lowest BCUT2D eigenvalue weighted by Crippen LogP contribution is -2.38. The molecule has 4 rings (SSSR count). The lowest BCUT2D eigenvalue weighted by Gasteiger charge is -2.27. The van der Waals surface area contributed by atoms with Crippen LogP contribution in [0.3, 0.4) is 0 Å². The molecule has 2 atom stereocenters. The molecular formula is C18H24N2O4S2. The average Bonchev–Trinajstić information content (AvgIpc) is 3.01. The summed E-state index contributed by atoms with van der Waals surface area (Å²) < 4.78 is 35.9. The quantitative estimate of drug-likeness (QED) is 0.722. The molecular weight excluding hydrogens is 372 g/mol. The maximum atomic E-state index is 12.3. The first-order valence-electron chi connectivity index (χ1n) is 9.05. The van der Waals surface area contributed by atoms with Crippen LogP contribution in [0.15, 0.2) is 18.2 Å². The van der Waals surface area contributed by atoms with E-state index in [0.29, 0.717) is 30.0 Å². The number of hydrogen-bond donors (Lipinski definition) is 0. The third-order valence-corrected chi connectivity index (χ3v) is 7.36. The van der Waals surface area contributed by atoms with Crippen LogP contribution >= 0.6 is 12.2 Å². The Bertz CT molecular complexity index is 824. The molecule has 0 amide bonds. The van der Waals surface area contributed by atoms with Gasteiger partial charge < -0.3 is 19.3 Å². The summed E-state index contributed by atoms with van der Waals surface area (Å²) in [5.41, 5.74) is 0.874. The summed E-state index contributed by atoms with van der Waals surface area (Å²) in [5, 5.41) is 0.715. The summed E-state index contributed by atoms with van der Waals surface area (Å²) in [6.45, 7) is 6.18. The van der Waals surface area contributed by atoms with Crippen molar-refractivity contribution in [2.45, 2.75) is 32.4 Å². The van der Waals surface area contributed by atoms with Gasteiger partial charge >= 0.3 is 0 Å². The first-order valence-corrected chi connectivity index (χ1v) is 11.3. The van der Waals surface area contributed by atoms with Crippen molar-refractivity contribution >= 4 is 32.9 Å². The van der Waals surface area contributed by atoms with Crippen molar-refractivity contribution in [3.05, 3.63) is 18.2 Å². The molecule has 6 nitrogen and oxygen atoms in total. The Hall–Kier alpha value is -1.54. The van der Waals surface area contributed by atoms with Crippen LogP contribution in [0, 0.1) is 5.92 Å². The summed E-state index contributed by atoms with van der Waals surface area (Å²) in [6, 6.07) is 5.52. The molecule has 0 N–H and O–H groups in total. The standard InChI is InChI=1S/C18H24N2O4S2/c1-12(2)5-6-19-14-10-26(21,22)11-15(14)20(18(19)25)13-3-4-16-17(9-13)24-8-7-23-16/h3-4,9,12,14-15H,5-8,10-11H2,1-2H3. The minimum Gasteiger partial charge on any atom is -0.486 e. The van der Waals surface area contributed by atoms with E-state index in [4.69, 9.17) is 21.7 Å². The SMILES string of the molecule is CC(C)CCN1C(=S)N(c2ccc3c(c2)OCCO3)C2CS(=O)(=O)CC21. The van der Waals surface area contributed by atoms with E-state index in [-0.39, 0.29) is 23.6 Å². The number of ether oxygens (including phenoxy) is 2. The molecule has 1 aromatic rings. The number of anilines is 1. The van der Waals surface area contributed by atoms with E-state index >= 15 is 0 Å². The fourth-order valence-electron chi connectivity index (χ4n) is 3.92. The predicted octanol–water partition coefficient (Wildman–Crippen LogP) is 2.08. The Morgan fingerprint density at radius 2 is 1.85 bits per heavy atom. The summed E-state index contributed by atoms with van der Waals surface area (Å²) in [5.74, 6) is 2.27. The van der Waals surface area contributed by atoms with Gasteiger partial charge in [-0.3, -0.25) is 0 Å². The molecule has 1 aromatic carbocycles. The van der Waals surface area contributed by atoms with Gasteiger partial charge in [-0.05, 0) is 36.7 Å². The molecule has 3 heterocycles. The topological polar surface area (TPSA) is 59.1 Å². The minimum atomic E-state index is -3.06. The van der Waals surface area contributed by atoms with Crippen LogP contribution in [0.25, 0.3) is 0 Å². The van der Waals surface area contributed by atoms with Crippen LogP contribution in [0.1, 0.15) is 20.3 Å². The van der Waals surface area contributed by atoms with Gasteiger partial charge in [-0.25, -0.2) is 8.42 Å². The van der Waals surface area contributed by atoms with E-state index in [1.165, 1.54) is 0 Å². The molecule has 0 aliphatic carbocycles. The number of thiocarbonyl (C=S) groups is 1. The molecule has 0 spiro atoms. The summed E-state index contributed by atoms with van der Waals surface area (Å²) in [6.07, 6.45) is 0.985. The summed E-state index contributed by atoms with van der Waals surface area (Å²) >= 11 is 5.76. The van der Waals surface area contributed by atoms with Gasteiger partial charge in [0.2, 0.25) is 0 Å². The van der Waals surface area contributed by atoms with Gasteiger partial charge in [0.25, 0.3) is 0 Å². The summed E-state index contributed by atoms with van der Waals surface area (Å²) in [4.78, 5) is 4.12. The molecule has 0 aromatic heterocycles. The molecule has 2 fully saturated rings. The lowest BCUT2D eigenvalue weighted by atomic mass is 10.1. The van der Waals surface area contributed by atoms with Gasteiger partial charge in [0, 0.05) is 18.3 Å². The van der Waals surface area contributed by atoms with Crippen molar-refractivity contribution in [1.82, 2.24) is 4.90 Å². The van der Waals surface area contributed by atoms with Crippen molar-refractivity contribution in [2.24, 2.45) is 5.92 Å². The van der Waals surface area contributed by atoms with Crippen molar-refractivity contribution in [3.63, 3.8) is 0 Å².